The number of fused-ring (bicyclic) bond motifs is 1. The Morgan fingerprint density at radius 1 is 1.46 bits per heavy atom. The highest BCUT2D eigenvalue weighted by Crippen LogP contribution is 2.18. The number of aromatic amines is 1. The maximum absolute atomic E-state index is 12.0. The second-order valence-corrected chi connectivity index (χ2v) is 5.39. The van der Waals surface area contributed by atoms with Gasteiger partial charge in [0.15, 0.2) is 5.65 Å². The number of H-pyrrole nitrogens is 1. The molecule has 118 valence electrons. The number of carbonyl (C=O) groups is 1. The third kappa shape index (κ3) is 3.26. The number of anilines is 1. The lowest BCUT2D eigenvalue weighted by Crippen LogP contribution is -2.09. The number of carbonyl (C=O) groups excluding carboxylic acids is 1. The van der Waals surface area contributed by atoms with Gasteiger partial charge in [-0.3, -0.25) is 14.9 Å². The summed E-state index contributed by atoms with van der Waals surface area (Å²) in [5.41, 5.74) is 2.92. The van der Waals surface area contributed by atoms with Gasteiger partial charge in [0.2, 0.25) is 5.91 Å². The van der Waals surface area contributed by atoms with Crippen LogP contribution in [0.15, 0.2) is 30.5 Å². The van der Waals surface area contributed by atoms with Crippen LogP contribution in [-0.2, 0) is 4.79 Å². The number of aromatic nitrogens is 4. The minimum Gasteiger partial charge on any atom is -0.321 e. The Morgan fingerprint density at radius 2 is 2.29 bits per heavy atom. The molecule has 0 fully saturated rings. The van der Waals surface area contributed by atoms with E-state index in [1.807, 2.05) is 6.07 Å². The molecule has 0 spiro atoms. The highest BCUT2D eigenvalue weighted by Gasteiger charge is 2.06. The van der Waals surface area contributed by atoms with Crippen LogP contribution < -0.4 is 5.32 Å². The normalized spacial score (nSPS) is 10.9. The van der Waals surface area contributed by atoms with Crippen LogP contribution in [0.5, 0.6) is 0 Å². The fraction of sp³-hybridized carbons (Fsp3) is 0.0588. The number of hydrogen-bond acceptors (Lipinski definition) is 4. The van der Waals surface area contributed by atoms with Crippen molar-refractivity contribution in [3.05, 3.63) is 52.6 Å². The summed E-state index contributed by atoms with van der Waals surface area (Å²) in [6.45, 7) is 1.78. The quantitative estimate of drug-likeness (QED) is 0.568. The van der Waals surface area contributed by atoms with Crippen molar-refractivity contribution in [2.75, 3.05) is 5.32 Å². The predicted molar refractivity (Wildman–Crippen MR) is 93.5 cm³/mol. The molecule has 24 heavy (non-hydrogen) atoms. The lowest BCUT2D eigenvalue weighted by Gasteiger charge is -2.05. The zero-order valence-electron chi connectivity index (χ0n) is 12.7. The molecule has 6 nitrogen and oxygen atoms in total. The summed E-state index contributed by atoms with van der Waals surface area (Å²) in [6, 6.07) is 5.21. The van der Waals surface area contributed by atoms with Gasteiger partial charge in [0.05, 0.1) is 27.5 Å². The molecule has 0 radical (unpaired) electrons. The first-order chi connectivity index (χ1) is 11.6. The van der Waals surface area contributed by atoms with E-state index in [2.05, 4.69) is 31.4 Å². The molecular weight excluding hydrogens is 326 g/mol. The van der Waals surface area contributed by atoms with Gasteiger partial charge in [-0.25, -0.2) is 4.98 Å². The molecule has 0 aromatic carbocycles. The van der Waals surface area contributed by atoms with Gasteiger partial charge >= 0.3 is 0 Å². The topological polar surface area (TPSA) is 83.6 Å². The Morgan fingerprint density at radius 3 is 3.08 bits per heavy atom. The van der Waals surface area contributed by atoms with Crippen LogP contribution in [0.1, 0.15) is 17.1 Å². The minimum absolute atomic E-state index is 0.307. The number of nitrogens with one attached hydrogen (secondary N) is 2. The van der Waals surface area contributed by atoms with E-state index in [0.29, 0.717) is 33.4 Å². The Hall–Kier alpha value is -3.17. The number of amides is 1. The smallest absolute Gasteiger partial charge is 0.248 e. The molecule has 0 aliphatic rings. The third-order valence-corrected chi connectivity index (χ3v) is 3.51. The molecule has 0 saturated heterocycles. The molecule has 7 heteroatoms. The number of halogens is 1. The lowest BCUT2D eigenvalue weighted by molar-refractivity contribution is -0.111. The number of pyridine rings is 2. The SMILES string of the molecule is C#Cc1n[nH]c2nc(/C=C/C(=O)Nc3cc(Cl)cnc3C)ccc12. The van der Waals surface area contributed by atoms with Crippen LogP contribution in [0.25, 0.3) is 17.1 Å². The molecule has 0 saturated carbocycles. The molecule has 0 atom stereocenters. The number of hydrogen-bond donors (Lipinski definition) is 2. The molecule has 3 heterocycles. The van der Waals surface area contributed by atoms with Crippen molar-refractivity contribution in [2.24, 2.45) is 0 Å². The summed E-state index contributed by atoms with van der Waals surface area (Å²) in [7, 11) is 0. The van der Waals surface area contributed by atoms with E-state index in [1.54, 1.807) is 25.1 Å². The van der Waals surface area contributed by atoms with Crippen LogP contribution in [-0.4, -0.2) is 26.1 Å². The van der Waals surface area contributed by atoms with E-state index >= 15 is 0 Å². The zero-order valence-corrected chi connectivity index (χ0v) is 13.4. The summed E-state index contributed by atoms with van der Waals surface area (Å²) in [6.07, 6.45) is 9.85. The Labute approximate surface area is 143 Å². The van der Waals surface area contributed by atoms with Gasteiger partial charge < -0.3 is 5.32 Å². The van der Waals surface area contributed by atoms with E-state index in [4.69, 9.17) is 18.0 Å². The second kappa shape index (κ2) is 6.52. The highest BCUT2D eigenvalue weighted by atomic mass is 35.5. The second-order valence-electron chi connectivity index (χ2n) is 4.96. The molecule has 0 unspecified atom stereocenters. The fourth-order valence-corrected chi connectivity index (χ4v) is 2.25. The largest absolute Gasteiger partial charge is 0.321 e. The van der Waals surface area contributed by atoms with E-state index in [-0.39, 0.29) is 5.91 Å². The summed E-state index contributed by atoms with van der Waals surface area (Å²) >= 11 is 5.88. The molecule has 0 aliphatic heterocycles. The van der Waals surface area contributed by atoms with Gasteiger partial charge in [0.1, 0.15) is 5.69 Å². The molecule has 3 rings (SSSR count). The van der Waals surface area contributed by atoms with Gasteiger partial charge in [-0.15, -0.1) is 6.42 Å². The van der Waals surface area contributed by atoms with Gasteiger partial charge in [-0.1, -0.05) is 11.6 Å². The van der Waals surface area contributed by atoms with Crippen LogP contribution >= 0.6 is 11.6 Å². The van der Waals surface area contributed by atoms with Crippen LogP contribution in [0, 0.1) is 19.3 Å². The maximum atomic E-state index is 12.0. The molecule has 3 aromatic heterocycles. The predicted octanol–water partition coefficient (Wildman–Crippen LogP) is 2.95. The van der Waals surface area contributed by atoms with Gasteiger partial charge in [-0.2, -0.15) is 5.10 Å². The third-order valence-electron chi connectivity index (χ3n) is 3.30. The first kappa shape index (κ1) is 15.7. The molecule has 3 aromatic rings. The number of rotatable bonds is 3. The van der Waals surface area contributed by atoms with E-state index in [0.717, 1.165) is 5.39 Å². The summed E-state index contributed by atoms with van der Waals surface area (Å²) < 4.78 is 0. The van der Waals surface area contributed by atoms with Crippen LogP contribution in [0.2, 0.25) is 5.02 Å². The van der Waals surface area contributed by atoms with Crippen LogP contribution in [0.3, 0.4) is 0 Å². The van der Waals surface area contributed by atoms with Crippen molar-refractivity contribution < 1.29 is 4.79 Å². The van der Waals surface area contributed by atoms with Crippen molar-refractivity contribution in [3.8, 4) is 12.3 Å². The van der Waals surface area contributed by atoms with Crippen molar-refractivity contribution in [1.29, 1.82) is 0 Å². The summed E-state index contributed by atoms with van der Waals surface area (Å²) in [4.78, 5) is 20.4. The average molecular weight is 338 g/mol. The molecule has 1 amide bonds. The van der Waals surface area contributed by atoms with Gasteiger partial charge in [0, 0.05) is 12.3 Å². The number of nitrogens with zero attached hydrogens (tertiary/aromatic N) is 3. The first-order valence-electron chi connectivity index (χ1n) is 7.00. The minimum atomic E-state index is -0.307. The number of terminal acetylenes is 1. The van der Waals surface area contributed by atoms with Crippen molar-refractivity contribution in [1.82, 2.24) is 20.2 Å². The lowest BCUT2D eigenvalue weighted by atomic mass is 10.2. The zero-order chi connectivity index (χ0) is 17.1. The number of aryl methyl sites for hydroxylation is 1. The average Bonchev–Trinajstić information content (AvgIpc) is 2.98. The highest BCUT2D eigenvalue weighted by molar-refractivity contribution is 6.30. The van der Waals surface area contributed by atoms with Crippen molar-refractivity contribution >= 4 is 40.3 Å². The standard InChI is InChI=1S/C17H12ClN5O/c1-3-14-13-6-4-12(20-17(13)23-22-14)5-7-16(24)21-15-8-11(18)9-19-10(15)2/h1,4-9H,2H3,(H,21,24)(H,20,22,23)/b7-5+. The van der Waals surface area contributed by atoms with Crippen LogP contribution in [0.4, 0.5) is 5.69 Å². The Kier molecular flexibility index (Phi) is 4.27. The molecule has 0 aliphatic carbocycles. The fourth-order valence-electron chi connectivity index (χ4n) is 2.09. The molecule has 0 bridgehead atoms. The van der Waals surface area contributed by atoms with Crippen molar-refractivity contribution in [2.45, 2.75) is 6.92 Å². The van der Waals surface area contributed by atoms with E-state index < -0.39 is 0 Å². The maximum Gasteiger partial charge on any atom is 0.248 e. The molecular formula is C17H12ClN5O. The van der Waals surface area contributed by atoms with Gasteiger partial charge in [0.25, 0.3) is 0 Å². The first-order valence-corrected chi connectivity index (χ1v) is 7.37. The van der Waals surface area contributed by atoms with Crippen molar-refractivity contribution in [3.63, 3.8) is 0 Å². The molecule has 2 N–H and O–H groups in total. The Balaban J connectivity index is 1.76. The Bertz CT molecular complexity index is 1000. The van der Waals surface area contributed by atoms with E-state index in [9.17, 15) is 4.79 Å². The van der Waals surface area contributed by atoms with E-state index in [1.165, 1.54) is 12.3 Å². The van der Waals surface area contributed by atoms with Gasteiger partial charge in [-0.05, 0) is 37.1 Å². The summed E-state index contributed by atoms with van der Waals surface area (Å²) in [5, 5.41) is 10.7. The monoisotopic (exact) mass is 337 g/mol. The summed E-state index contributed by atoms with van der Waals surface area (Å²) in [5.74, 6) is 2.17.